The van der Waals surface area contributed by atoms with Gasteiger partial charge in [-0.15, -0.1) is 0 Å². The van der Waals surface area contributed by atoms with E-state index in [1.165, 1.54) is 31.5 Å². The van der Waals surface area contributed by atoms with Gasteiger partial charge in [0.15, 0.2) is 18.1 Å². The molecule has 0 heterocycles. The van der Waals surface area contributed by atoms with Gasteiger partial charge in [0, 0.05) is 11.6 Å². The van der Waals surface area contributed by atoms with Crippen molar-refractivity contribution in [3.8, 4) is 11.5 Å². The number of rotatable bonds is 9. The van der Waals surface area contributed by atoms with Gasteiger partial charge in [0.2, 0.25) is 0 Å². The van der Waals surface area contributed by atoms with Gasteiger partial charge in [-0.25, -0.2) is 0 Å². The van der Waals surface area contributed by atoms with Crippen LogP contribution in [0.4, 0.5) is 8.78 Å². The summed E-state index contributed by atoms with van der Waals surface area (Å²) in [7, 11) is 1.34. The predicted octanol–water partition coefficient (Wildman–Crippen LogP) is 2.56. The molecule has 0 fully saturated rings. The molecule has 1 atom stereocenters. The number of carbonyl (C=O) groups excluding carboxylic acids is 1. The number of oxime groups is 1. The Bertz CT molecular complexity index is 538. The first-order valence-corrected chi connectivity index (χ1v) is 7.03. The SMILES string of the molecule is CC[C@@H](C)NC(=O)CO/N=C\c1ccc(OC(F)F)c(OC)c1. The average molecular weight is 330 g/mol. The fraction of sp³-hybridized carbons (Fsp3) is 0.467. The molecule has 0 aliphatic rings. The van der Waals surface area contributed by atoms with E-state index in [0.29, 0.717) is 5.56 Å². The summed E-state index contributed by atoms with van der Waals surface area (Å²) in [6.07, 6.45) is 2.16. The summed E-state index contributed by atoms with van der Waals surface area (Å²) in [6.45, 7) is 0.704. The van der Waals surface area contributed by atoms with Gasteiger partial charge < -0.3 is 19.6 Å². The van der Waals surface area contributed by atoms with Crippen LogP contribution in [-0.2, 0) is 9.63 Å². The maximum Gasteiger partial charge on any atom is 0.387 e. The minimum absolute atomic E-state index is 0.0710. The molecule has 0 saturated carbocycles. The summed E-state index contributed by atoms with van der Waals surface area (Å²) >= 11 is 0. The molecule has 0 aromatic heterocycles. The normalized spacial score (nSPS) is 12.3. The lowest BCUT2D eigenvalue weighted by Crippen LogP contribution is -2.34. The number of amides is 1. The van der Waals surface area contributed by atoms with Crippen LogP contribution >= 0.6 is 0 Å². The molecule has 0 aliphatic carbocycles. The number of methoxy groups -OCH3 is 1. The summed E-state index contributed by atoms with van der Waals surface area (Å²) in [5.41, 5.74) is 0.547. The Morgan fingerprint density at radius 2 is 2.13 bits per heavy atom. The van der Waals surface area contributed by atoms with E-state index >= 15 is 0 Å². The third-order valence-corrected chi connectivity index (χ3v) is 2.90. The van der Waals surface area contributed by atoms with Gasteiger partial charge in [0.05, 0.1) is 13.3 Å². The molecule has 0 bridgehead atoms. The first-order valence-electron chi connectivity index (χ1n) is 7.03. The molecular formula is C15H20F2N2O4. The van der Waals surface area contributed by atoms with Crippen molar-refractivity contribution in [2.75, 3.05) is 13.7 Å². The second-order valence-corrected chi connectivity index (χ2v) is 4.67. The predicted molar refractivity (Wildman–Crippen MR) is 81.1 cm³/mol. The number of hydrogen-bond acceptors (Lipinski definition) is 5. The second kappa shape index (κ2) is 9.60. The summed E-state index contributed by atoms with van der Waals surface area (Å²) < 4.78 is 33.7. The first-order chi connectivity index (χ1) is 11.0. The van der Waals surface area contributed by atoms with E-state index in [9.17, 15) is 13.6 Å². The van der Waals surface area contributed by atoms with Crippen molar-refractivity contribution < 1.29 is 27.9 Å². The highest BCUT2D eigenvalue weighted by Crippen LogP contribution is 2.28. The molecule has 0 radical (unpaired) electrons. The van der Waals surface area contributed by atoms with E-state index < -0.39 is 6.61 Å². The highest BCUT2D eigenvalue weighted by molar-refractivity contribution is 5.81. The topological polar surface area (TPSA) is 69.2 Å². The highest BCUT2D eigenvalue weighted by Gasteiger charge is 2.10. The number of benzene rings is 1. The lowest BCUT2D eigenvalue weighted by Gasteiger charge is -2.10. The largest absolute Gasteiger partial charge is 0.493 e. The van der Waals surface area contributed by atoms with E-state index in [2.05, 4.69) is 15.2 Å². The van der Waals surface area contributed by atoms with Crippen molar-refractivity contribution >= 4 is 12.1 Å². The van der Waals surface area contributed by atoms with Crippen LogP contribution in [0.5, 0.6) is 11.5 Å². The van der Waals surface area contributed by atoms with Crippen LogP contribution in [0.15, 0.2) is 23.4 Å². The summed E-state index contributed by atoms with van der Waals surface area (Å²) in [6, 6.07) is 4.37. The second-order valence-electron chi connectivity index (χ2n) is 4.67. The Balaban J connectivity index is 2.55. The van der Waals surface area contributed by atoms with Crippen LogP contribution in [-0.4, -0.2) is 38.5 Å². The molecule has 0 saturated heterocycles. The first kappa shape index (κ1) is 18.7. The van der Waals surface area contributed by atoms with Gasteiger partial charge in [-0.3, -0.25) is 4.79 Å². The zero-order chi connectivity index (χ0) is 17.2. The number of alkyl halides is 2. The number of halogens is 2. The molecule has 6 nitrogen and oxygen atoms in total. The average Bonchev–Trinajstić information content (AvgIpc) is 2.52. The Morgan fingerprint density at radius 1 is 1.39 bits per heavy atom. The Hall–Kier alpha value is -2.38. The standard InChI is InChI=1S/C15H20F2N2O4/c1-4-10(2)19-14(20)9-22-18-8-11-5-6-12(23-15(16)17)13(7-11)21-3/h5-8,10,15H,4,9H2,1-3H3,(H,19,20)/b18-8-/t10-/m1/s1. The van der Waals surface area contributed by atoms with Crippen LogP contribution in [0.25, 0.3) is 0 Å². The molecule has 1 aromatic rings. The third kappa shape index (κ3) is 6.94. The van der Waals surface area contributed by atoms with E-state index in [0.717, 1.165) is 6.42 Å². The highest BCUT2D eigenvalue weighted by atomic mass is 19.3. The molecular weight excluding hydrogens is 310 g/mol. The zero-order valence-electron chi connectivity index (χ0n) is 13.2. The number of hydrogen-bond donors (Lipinski definition) is 1. The van der Waals surface area contributed by atoms with Crippen LogP contribution in [0.1, 0.15) is 25.8 Å². The molecule has 8 heteroatoms. The fourth-order valence-corrected chi connectivity index (χ4v) is 1.57. The monoisotopic (exact) mass is 330 g/mol. The quantitative estimate of drug-likeness (QED) is 0.558. The van der Waals surface area contributed by atoms with Gasteiger partial charge in [-0.2, -0.15) is 8.78 Å². The fourth-order valence-electron chi connectivity index (χ4n) is 1.57. The van der Waals surface area contributed by atoms with Crippen molar-refractivity contribution in [2.24, 2.45) is 5.16 Å². The molecule has 0 unspecified atom stereocenters. The number of nitrogens with zero attached hydrogens (tertiary/aromatic N) is 1. The van der Waals surface area contributed by atoms with Gasteiger partial charge in [-0.1, -0.05) is 12.1 Å². The Morgan fingerprint density at radius 3 is 2.74 bits per heavy atom. The van der Waals surface area contributed by atoms with Crippen LogP contribution in [0.3, 0.4) is 0 Å². The Kier molecular flexibility index (Phi) is 7.79. The minimum atomic E-state index is -2.93. The van der Waals surface area contributed by atoms with Gasteiger partial charge in [-0.05, 0) is 31.5 Å². The Labute approximate surface area is 133 Å². The molecule has 128 valence electrons. The van der Waals surface area contributed by atoms with Crippen LogP contribution < -0.4 is 14.8 Å². The van der Waals surface area contributed by atoms with Gasteiger partial charge in [0.1, 0.15) is 0 Å². The third-order valence-electron chi connectivity index (χ3n) is 2.90. The van der Waals surface area contributed by atoms with Crippen molar-refractivity contribution in [3.63, 3.8) is 0 Å². The van der Waals surface area contributed by atoms with E-state index in [4.69, 9.17) is 9.57 Å². The maximum absolute atomic E-state index is 12.2. The van der Waals surface area contributed by atoms with Crippen molar-refractivity contribution in [1.29, 1.82) is 0 Å². The van der Waals surface area contributed by atoms with Crippen molar-refractivity contribution in [1.82, 2.24) is 5.32 Å². The molecule has 23 heavy (non-hydrogen) atoms. The zero-order valence-corrected chi connectivity index (χ0v) is 13.2. The van der Waals surface area contributed by atoms with Gasteiger partial charge in [0.25, 0.3) is 5.91 Å². The number of carbonyl (C=O) groups is 1. The van der Waals surface area contributed by atoms with Gasteiger partial charge >= 0.3 is 6.61 Å². The molecule has 1 N–H and O–H groups in total. The minimum Gasteiger partial charge on any atom is -0.493 e. The van der Waals surface area contributed by atoms with E-state index in [-0.39, 0.29) is 30.1 Å². The molecule has 1 aromatic carbocycles. The molecule has 0 aliphatic heterocycles. The van der Waals surface area contributed by atoms with Crippen molar-refractivity contribution in [3.05, 3.63) is 23.8 Å². The van der Waals surface area contributed by atoms with E-state index in [1.54, 1.807) is 0 Å². The smallest absolute Gasteiger partial charge is 0.387 e. The maximum atomic E-state index is 12.2. The molecule has 0 spiro atoms. The van der Waals surface area contributed by atoms with Crippen LogP contribution in [0.2, 0.25) is 0 Å². The summed E-state index contributed by atoms with van der Waals surface area (Å²) in [4.78, 5) is 16.3. The van der Waals surface area contributed by atoms with Crippen molar-refractivity contribution in [2.45, 2.75) is 32.9 Å². The number of ether oxygens (including phenoxy) is 2. The number of nitrogens with one attached hydrogen (secondary N) is 1. The summed E-state index contributed by atoms with van der Waals surface area (Å²) in [5.74, 6) is -0.202. The molecule has 1 rings (SSSR count). The summed E-state index contributed by atoms with van der Waals surface area (Å²) in [5, 5.41) is 6.38. The molecule has 1 amide bonds. The van der Waals surface area contributed by atoms with E-state index in [1.807, 2.05) is 13.8 Å². The lowest BCUT2D eigenvalue weighted by molar-refractivity contribution is -0.126. The van der Waals surface area contributed by atoms with Crippen LogP contribution in [0, 0.1) is 0 Å². The lowest BCUT2D eigenvalue weighted by atomic mass is 10.2.